The summed E-state index contributed by atoms with van der Waals surface area (Å²) in [5.41, 5.74) is 3.28. The third-order valence-corrected chi connectivity index (χ3v) is 3.32. The third kappa shape index (κ3) is 3.18. The number of halogens is 2. The Balaban J connectivity index is 2.11. The summed E-state index contributed by atoms with van der Waals surface area (Å²) >= 11 is 11.9. The number of ether oxygens (including phenoxy) is 1. The first-order chi connectivity index (χ1) is 8.56. The highest BCUT2D eigenvalue weighted by Gasteiger charge is 2.04. The first kappa shape index (κ1) is 13.3. The number of hydrogen-bond donors (Lipinski definition) is 0. The fourth-order valence-electron chi connectivity index (χ4n) is 1.76. The van der Waals surface area contributed by atoms with E-state index in [2.05, 4.69) is 13.0 Å². The van der Waals surface area contributed by atoms with E-state index in [0.29, 0.717) is 16.7 Å². The SMILES string of the molecule is Cc1ccc(OCc2ccc(Cl)cc2Cl)c(C)c1. The van der Waals surface area contributed by atoms with Gasteiger partial charge in [0, 0.05) is 15.6 Å². The summed E-state index contributed by atoms with van der Waals surface area (Å²) in [7, 11) is 0. The third-order valence-electron chi connectivity index (χ3n) is 2.73. The van der Waals surface area contributed by atoms with Crippen molar-refractivity contribution in [2.45, 2.75) is 20.5 Å². The molecule has 94 valence electrons. The van der Waals surface area contributed by atoms with E-state index in [4.69, 9.17) is 27.9 Å². The van der Waals surface area contributed by atoms with Crippen LogP contribution in [0.4, 0.5) is 0 Å². The van der Waals surface area contributed by atoms with Gasteiger partial charge in [0.2, 0.25) is 0 Å². The maximum absolute atomic E-state index is 6.10. The lowest BCUT2D eigenvalue weighted by Crippen LogP contribution is -1.98. The first-order valence-electron chi connectivity index (χ1n) is 5.70. The van der Waals surface area contributed by atoms with Crippen molar-refractivity contribution in [2.24, 2.45) is 0 Å². The Bertz CT molecular complexity index is 513. The molecule has 3 heteroatoms. The van der Waals surface area contributed by atoms with Crippen molar-refractivity contribution in [1.29, 1.82) is 0 Å². The molecule has 1 nitrogen and oxygen atoms in total. The topological polar surface area (TPSA) is 9.23 Å². The highest BCUT2D eigenvalue weighted by Crippen LogP contribution is 2.24. The second-order valence-electron chi connectivity index (χ2n) is 4.29. The lowest BCUT2D eigenvalue weighted by Gasteiger charge is -2.11. The Morgan fingerprint density at radius 3 is 2.44 bits per heavy atom. The van der Waals surface area contributed by atoms with Crippen molar-refractivity contribution in [3.63, 3.8) is 0 Å². The standard InChI is InChI=1S/C15H14Cl2O/c1-10-3-6-15(11(2)7-10)18-9-12-4-5-13(16)8-14(12)17/h3-8H,9H2,1-2H3. The average molecular weight is 281 g/mol. The molecule has 2 rings (SSSR count). The van der Waals surface area contributed by atoms with Gasteiger partial charge < -0.3 is 4.74 Å². The summed E-state index contributed by atoms with van der Waals surface area (Å²) in [5, 5.41) is 1.27. The first-order valence-corrected chi connectivity index (χ1v) is 6.46. The molecule has 0 aromatic heterocycles. The van der Waals surface area contributed by atoms with Crippen LogP contribution < -0.4 is 4.74 Å². The van der Waals surface area contributed by atoms with Crippen LogP contribution in [0, 0.1) is 13.8 Å². The molecule has 0 aliphatic carbocycles. The van der Waals surface area contributed by atoms with Crippen molar-refractivity contribution in [1.82, 2.24) is 0 Å². The van der Waals surface area contributed by atoms with Gasteiger partial charge in [-0.25, -0.2) is 0 Å². The molecule has 0 fully saturated rings. The molecule has 0 spiro atoms. The molecule has 0 radical (unpaired) electrons. The van der Waals surface area contributed by atoms with Crippen molar-refractivity contribution in [3.05, 3.63) is 63.1 Å². The highest BCUT2D eigenvalue weighted by atomic mass is 35.5. The van der Waals surface area contributed by atoms with Crippen LogP contribution in [0.1, 0.15) is 16.7 Å². The minimum atomic E-state index is 0.444. The zero-order valence-corrected chi connectivity index (χ0v) is 11.8. The Labute approximate surface area is 117 Å². The van der Waals surface area contributed by atoms with Gasteiger partial charge in [0.15, 0.2) is 0 Å². The summed E-state index contributed by atoms with van der Waals surface area (Å²) in [6.07, 6.45) is 0. The van der Waals surface area contributed by atoms with Crippen LogP contribution in [0.25, 0.3) is 0 Å². The quantitative estimate of drug-likeness (QED) is 0.752. The molecule has 0 aliphatic heterocycles. The second-order valence-corrected chi connectivity index (χ2v) is 5.14. The zero-order chi connectivity index (χ0) is 13.1. The molecule has 2 aromatic rings. The molecule has 0 bridgehead atoms. The molecule has 0 saturated heterocycles. The van der Waals surface area contributed by atoms with Crippen LogP contribution >= 0.6 is 23.2 Å². The van der Waals surface area contributed by atoms with Crippen LogP contribution in [0.5, 0.6) is 5.75 Å². The highest BCUT2D eigenvalue weighted by molar-refractivity contribution is 6.35. The molecule has 0 N–H and O–H groups in total. The van der Waals surface area contributed by atoms with Gasteiger partial charge in [-0.05, 0) is 37.6 Å². The monoisotopic (exact) mass is 280 g/mol. The van der Waals surface area contributed by atoms with Crippen LogP contribution in [-0.2, 0) is 6.61 Å². The smallest absolute Gasteiger partial charge is 0.122 e. The molecule has 0 aliphatic rings. The minimum absolute atomic E-state index is 0.444. The largest absolute Gasteiger partial charge is 0.489 e. The number of rotatable bonds is 3. The van der Waals surface area contributed by atoms with E-state index in [-0.39, 0.29) is 0 Å². The predicted molar refractivity (Wildman–Crippen MR) is 76.7 cm³/mol. The van der Waals surface area contributed by atoms with Crippen molar-refractivity contribution >= 4 is 23.2 Å². The summed E-state index contributed by atoms with van der Waals surface area (Å²) in [5.74, 6) is 0.881. The molecule has 0 heterocycles. The fraction of sp³-hybridized carbons (Fsp3) is 0.200. The Morgan fingerprint density at radius 1 is 1.00 bits per heavy atom. The number of benzene rings is 2. The van der Waals surface area contributed by atoms with E-state index in [0.717, 1.165) is 16.9 Å². The van der Waals surface area contributed by atoms with Gasteiger partial charge in [0.25, 0.3) is 0 Å². The Morgan fingerprint density at radius 2 is 1.78 bits per heavy atom. The number of hydrogen-bond acceptors (Lipinski definition) is 1. The molecular weight excluding hydrogens is 267 g/mol. The molecule has 18 heavy (non-hydrogen) atoms. The summed E-state index contributed by atoms with van der Waals surface area (Å²) in [6.45, 7) is 4.54. The van der Waals surface area contributed by atoms with Gasteiger partial charge in [0.1, 0.15) is 12.4 Å². The van der Waals surface area contributed by atoms with Crippen molar-refractivity contribution < 1.29 is 4.74 Å². The maximum Gasteiger partial charge on any atom is 0.122 e. The van der Waals surface area contributed by atoms with Crippen LogP contribution in [0.3, 0.4) is 0 Å². The van der Waals surface area contributed by atoms with Gasteiger partial charge in [-0.3, -0.25) is 0 Å². The zero-order valence-electron chi connectivity index (χ0n) is 10.3. The van der Waals surface area contributed by atoms with E-state index in [9.17, 15) is 0 Å². The Kier molecular flexibility index (Phi) is 4.15. The molecule has 2 aromatic carbocycles. The van der Waals surface area contributed by atoms with Crippen LogP contribution in [0.2, 0.25) is 10.0 Å². The van der Waals surface area contributed by atoms with Crippen LogP contribution in [-0.4, -0.2) is 0 Å². The van der Waals surface area contributed by atoms with Gasteiger partial charge in [-0.1, -0.05) is 47.0 Å². The summed E-state index contributed by atoms with van der Waals surface area (Å²) < 4.78 is 5.77. The van der Waals surface area contributed by atoms with Crippen LogP contribution in [0.15, 0.2) is 36.4 Å². The second kappa shape index (κ2) is 5.64. The molecule has 0 unspecified atom stereocenters. The van der Waals surface area contributed by atoms with E-state index in [1.165, 1.54) is 5.56 Å². The van der Waals surface area contributed by atoms with Gasteiger partial charge in [-0.15, -0.1) is 0 Å². The lowest BCUT2D eigenvalue weighted by molar-refractivity contribution is 0.304. The van der Waals surface area contributed by atoms with E-state index in [1.807, 2.05) is 31.2 Å². The van der Waals surface area contributed by atoms with E-state index in [1.54, 1.807) is 6.07 Å². The van der Waals surface area contributed by atoms with Crippen molar-refractivity contribution in [3.8, 4) is 5.75 Å². The van der Waals surface area contributed by atoms with E-state index < -0.39 is 0 Å². The number of aryl methyl sites for hydroxylation is 2. The lowest BCUT2D eigenvalue weighted by atomic mass is 10.1. The molecular formula is C15H14Cl2O. The van der Waals surface area contributed by atoms with E-state index >= 15 is 0 Å². The minimum Gasteiger partial charge on any atom is -0.489 e. The van der Waals surface area contributed by atoms with Gasteiger partial charge >= 0.3 is 0 Å². The van der Waals surface area contributed by atoms with Crippen molar-refractivity contribution in [2.75, 3.05) is 0 Å². The fourth-order valence-corrected chi connectivity index (χ4v) is 2.22. The predicted octanol–water partition coefficient (Wildman–Crippen LogP) is 5.19. The average Bonchev–Trinajstić information content (AvgIpc) is 2.30. The summed E-state index contributed by atoms with van der Waals surface area (Å²) in [4.78, 5) is 0. The van der Waals surface area contributed by atoms with Gasteiger partial charge in [0.05, 0.1) is 0 Å². The summed E-state index contributed by atoms with van der Waals surface area (Å²) in [6, 6.07) is 11.5. The van der Waals surface area contributed by atoms with Gasteiger partial charge in [-0.2, -0.15) is 0 Å². The molecule has 0 saturated carbocycles. The molecule has 0 atom stereocenters. The molecule has 0 amide bonds. The normalized spacial score (nSPS) is 10.4. The maximum atomic E-state index is 6.10. The Hall–Kier alpha value is -1.18.